The number of halogens is 1. The number of imidazole rings is 1. The summed E-state index contributed by atoms with van der Waals surface area (Å²) < 4.78 is 15.4. The molecular weight excluding hydrogens is 285 g/mol. The number of fused-ring (bicyclic) bond motifs is 3. The van der Waals surface area contributed by atoms with E-state index in [1.165, 1.54) is 34.8 Å². The lowest BCUT2D eigenvalue weighted by Crippen LogP contribution is -2.07. The molecular formula is C16H16FN3S. The fourth-order valence-corrected chi connectivity index (χ4v) is 4.37. The molecule has 0 saturated carbocycles. The van der Waals surface area contributed by atoms with Gasteiger partial charge in [0.25, 0.3) is 0 Å². The zero-order valence-electron chi connectivity index (χ0n) is 11.6. The Morgan fingerprint density at radius 1 is 1.24 bits per heavy atom. The Morgan fingerprint density at radius 2 is 2.05 bits per heavy atom. The molecule has 5 heteroatoms. The molecule has 0 amide bonds. The van der Waals surface area contributed by atoms with Crippen molar-refractivity contribution in [1.82, 2.24) is 9.38 Å². The molecule has 108 valence electrons. The smallest absolute Gasteiger partial charge is 0.194 e. The number of aryl methyl sites for hydroxylation is 2. The maximum atomic E-state index is 13.1. The zero-order valence-corrected chi connectivity index (χ0v) is 12.4. The van der Waals surface area contributed by atoms with Gasteiger partial charge in [-0.05, 0) is 50.1 Å². The first kappa shape index (κ1) is 13.0. The molecule has 1 aliphatic rings. The lowest BCUT2D eigenvalue weighted by Gasteiger charge is -2.05. The highest BCUT2D eigenvalue weighted by atomic mass is 32.1. The number of aromatic nitrogens is 2. The number of nitrogens with two attached hydrogens (primary N) is 1. The van der Waals surface area contributed by atoms with Gasteiger partial charge < -0.3 is 5.73 Å². The van der Waals surface area contributed by atoms with E-state index >= 15 is 0 Å². The van der Waals surface area contributed by atoms with Gasteiger partial charge in [-0.2, -0.15) is 0 Å². The predicted molar refractivity (Wildman–Crippen MR) is 83.2 cm³/mol. The topological polar surface area (TPSA) is 43.3 Å². The third kappa shape index (κ3) is 2.00. The maximum Gasteiger partial charge on any atom is 0.194 e. The van der Waals surface area contributed by atoms with Crippen molar-refractivity contribution in [3.8, 4) is 11.3 Å². The molecule has 0 spiro atoms. The van der Waals surface area contributed by atoms with Gasteiger partial charge >= 0.3 is 0 Å². The minimum atomic E-state index is -0.221. The molecule has 1 aliphatic carbocycles. The molecule has 0 atom stereocenters. The Hall–Kier alpha value is -1.72. The number of rotatable bonds is 3. The zero-order chi connectivity index (χ0) is 14.4. The highest BCUT2D eigenvalue weighted by Crippen LogP contribution is 2.35. The van der Waals surface area contributed by atoms with E-state index in [2.05, 4.69) is 4.40 Å². The molecule has 21 heavy (non-hydrogen) atoms. The number of hydrogen-bond acceptors (Lipinski definition) is 3. The Morgan fingerprint density at radius 3 is 2.81 bits per heavy atom. The normalized spacial score (nSPS) is 14.0. The van der Waals surface area contributed by atoms with Gasteiger partial charge in [-0.1, -0.05) is 0 Å². The van der Waals surface area contributed by atoms with Gasteiger partial charge in [0.15, 0.2) is 4.96 Å². The summed E-state index contributed by atoms with van der Waals surface area (Å²) in [4.78, 5) is 7.30. The summed E-state index contributed by atoms with van der Waals surface area (Å²) in [6.45, 7) is 0.590. The second-order valence-electron chi connectivity index (χ2n) is 5.40. The van der Waals surface area contributed by atoms with E-state index in [1.807, 2.05) is 0 Å². The summed E-state index contributed by atoms with van der Waals surface area (Å²) in [6.07, 6.45) is 4.30. The minimum Gasteiger partial charge on any atom is -0.330 e. The molecule has 2 heterocycles. The van der Waals surface area contributed by atoms with Gasteiger partial charge in [-0.15, -0.1) is 11.3 Å². The van der Waals surface area contributed by atoms with E-state index < -0.39 is 0 Å². The van der Waals surface area contributed by atoms with E-state index in [-0.39, 0.29) is 5.82 Å². The van der Waals surface area contributed by atoms with Crippen LogP contribution >= 0.6 is 11.3 Å². The first-order chi connectivity index (χ1) is 10.3. The second-order valence-corrected chi connectivity index (χ2v) is 6.46. The van der Waals surface area contributed by atoms with Crippen molar-refractivity contribution in [3.63, 3.8) is 0 Å². The van der Waals surface area contributed by atoms with E-state index in [0.717, 1.165) is 35.5 Å². The van der Waals surface area contributed by atoms with Crippen molar-refractivity contribution >= 4 is 16.3 Å². The average molecular weight is 301 g/mol. The van der Waals surface area contributed by atoms with Crippen molar-refractivity contribution in [3.05, 3.63) is 46.3 Å². The van der Waals surface area contributed by atoms with Crippen LogP contribution in [0.15, 0.2) is 24.3 Å². The summed E-state index contributed by atoms with van der Waals surface area (Å²) in [7, 11) is 0. The first-order valence-electron chi connectivity index (χ1n) is 7.26. The van der Waals surface area contributed by atoms with Crippen LogP contribution in [-0.2, 0) is 19.3 Å². The SMILES string of the molecule is NCCc1c(-c2ccc(F)cc2)nc2sc3c(n12)CCC3. The highest BCUT2D eigenvalue weighted by Gasteiger charge is 2.23. The van der Waals surface area contributed by atoms with E-state index in [4.69, 9.17) is 10.7 Å². The summed E-state index contributed by atoms with van der Waals surface area (Å²) in [5, 5.41) is 0. The van der Waals surface area contributed by atoms with Gasteiger partial charge in [0.1, 0.15) is 5.82 Å². The van der Waals surface area contributed by atoms with Crippen LogP contribution in [0.5, 0.6) is 0 Å². The number of nitrogens with zero attached hydrogens (tertiary/aromatic N) is 2. The van der Waals surface area contributed by atoms with Gasteiger partial charge in [0.05, 0.1) is 11.4 Å². The Labute approximate surface area is 126 Å². The van der Waals surface area contributed by atoms with E-state index in [1.54, 1.807) is 23.5 Å². The van der Waals surface area contributed by atoms with Gasteiger partial charge in [0.2, 0.25) is 0 Å². The van der Waals surface area contributed by atoms with E-state index in [9.17, 15) is 4.39 Å². The molecule has 0 saturated heterocycles. The summed E-state index contributed by atoms with van der Waals surface area (Å²) in [5.41, 5.74) is 10.3. The third-order valence-electron chi connectivity index (χ3n) is 4.06. The summed E-state index contributed by atoms with van der Waals surface area (Å²) in [5.74, 6) is -0.221. The van der Waals surface area contributed by atoms with Crippen LogP contribution in [-0.4, -0.2) is 15.9 Å². The highest BCUT2D eigenvalue weighted by molar-refractivity contribution is 7.17. The fraction of sp³-hybridized carbons (Fsp3) is 0.312. The van der Waals surface area contributed by atoms with Crippen LogP contribution in [0.25, 0.3) is 16.2 Å². The van der Waals surface area contributed by atoms with Crippen LogP contribution in [0.4, 0.5) is 4.39 Å². The Kier molecular flexibility index (Phi) is 3.05. The molecule has 2 aromatic heterocycles. The summed E-state index contributed by atoms with van der Waals surface area (Å²) in [6, 6.07) is 6.56. The molecule has 4 rings (SSSR count). The van der Waals surface area contributed by atoms with Crippen molar-refractivity contribution in [2.45, 2.75) is 25.7 Å². The standard InChI is InChI=1S/C16H16FN3S/c17-11-6-4-10(5-7-11)15-13(8-9-18)20-12-2-1-3-14(12)21-16(20)19-15/h4-7H,1-3,8-9,18H2. The molecule has 0 aliphatic heterocycles. The quantitative estimate of drug-likeness (QED) is 0.807. The molecule has 1 aromatic carbocycles. The lowest BCUT2D eigenvalue weighted by atomic mass is 10.1. The van der Waals surface area contributed by atoms with Crippen molar-refractivity contribution in [1.29, 1.82) is 0 Å². The monoisotopic (exact) mass is 301 g/mol. The van der Waals surface area contributed by atoms with Crippen LogP contribution in [0.1, 0.15) is 22.7 Å². The molecule has 0 radical (unpaired) electrons. The van der Waals surface area contributed by atoms with Crippen LogP contribution in [0.2, 0.25) is 0 Å². The number of benzene rings is 1. The minimum absolute atomic E-state index is 0.221. The van der Waals surface area contributed by atoms with Crippen LogP contribution in [0, 0.1) is 5.82 Å². The van der Waals surface area contributed by atoms with Gasteiger partial charge in [-0.3, -0.25) is 4.40 Å². The van der Waals surface area contributed by atoms with Crippen LogP contribution in [0.3, 0.4) is 0 Å². The van der Waals surface area contributed by atoms with Gasteiger partial charge in [-0.25, -0.2) is 9.37 Å². The average Bonchev–Trinajstić information content (AvgIpc) is 3.12. The molecule has 3 nitrogen and oxygen atoms in total. The van der Waals surface area contributed by atoms with Gasteiger partial charge in [0, 0.05) is 22.6 Å². The predicted octanol–water partition coefficient (Wildman–Crippen LogP) is 3.19. The first-order valence-corrected chi connectivity index (χ1v) is 8.07. The number of thiazole rings is 1. The second kappa shape index (κ2) is 4.93. The number of hydrogen-bond donors (Lipinski definition) is 1. The lowest BCUT2D eigenvalue weighted by molar-refractivity contribution is 0.628. The fourth-order valence-electron chi connectivity index (χ4n) is 3.14. The summed E-state index contributed by atoms with van der Waals surface area (Å²) >= 11 is 1.78. The largest absolute Gasteiger partial charge is 0.330 e. The van der Waals surface area contributed by atoms with Crippen LogP contribution < -0.4 is 5.73 Å². The maximum absolute atomic E-state index is 13.1. The third-order valence-corrected chi connectivity index (χ3v) is 5.21. The molecule has 2 N–H and O–H groups in total. The molecule has 0 bridgehead atoms. The molecule has 3 aromatic rings. The van der Waals surface area contributed by atoms with Crippen molar-refractivity contribution in [2.75, 3.05) is 6.54 Å². The molecule has 0 unspecified atom stereocenters. The Balaban J connectivity index is 1.94. The Bertz CT molecular complexity index is 801. The van der Waals surface area contributed by atoms with Crippen molar-refractivity contribution in [2.24, 2.45) is 5.73 Å². The van der Waals surface area contributed by atoms with E-state index in [0.29, 0.717) is 6.54 Å². The van der Waals surface area contributed by atoms with Crippen molar-refractivity contribution < 1.29 is 4.39 Å². The molecule has 0 fully saturated rings.